The van der Waals surface area contributed by atoms with E-state index in [4.69, 9.17) is 4.74 Å². The van der Waals surface area contributed by atoms with Gasteiger partial charge in [-0.15, -0.1) is 5.10 Å². The predicted molar refractivity (Wildman–Crippen MR) is 127 cm³/mol. The molecule has 2 heterocycles. The summed E-state index contributed by atoms with van der Waals surface area (Å²) in [4.78, 5) is 17.2. The maximum Gasteiger partial charge on any atom is 0.250 e. The summed E-state index contributed by atoms with van der Waals surface area (Å²) in [6.45, 7) is 0. The van der Waals surface area contributed by atoms with Crippen LogP contribution in [0.4, 0.5) is 11.9 Å². The normalized spacial score (nSPS) is 17.0. The number of fused-ring (bicyclic) bond motifs is 1. The van der Waals surface area contributed by atoms with Gasteiger partial charge >= 0.3 is 0 Å². The molecule has 0 aliphatic carbocycles. The molecule has 2 atom stereocenters. The van der Waals surface area contributed by atoms with E-state index in [2.05, 4.69) is 45.0 Å². The van der Waals surface area contributed by atoms with Crippen LogP contribution < -0.4 is 15.4 Å². The van der Waals surface area contributed by atoms with Crippen molar-refractivity contribution >= 4 is 17.8 Å². The molecule has 166 valence electrons. The molecule has 0 radical (unpaired) electrons. The molecule has 33 heavy (non-hydrogen) atoms. The highest BCUT2D eigenvalue weighted by Crippen LogP contribution is 2.38. The van der Waals surface area contributed by atoms with E-state index in [-0.39, 0.29) is 24.4 Å². The number of nitrogens with one attached hydrogen (secondary N) is 2. The van der Waals surface area contributed by atoms with Crippen LogP contribution in [-0.4, -0.2) is 27.8 Å². The van der Waals surface area contributed by atoms with E-state index in [0.29, 0.717) is 11.9 Å². The lowest BCUT2D eigenvalue weighted by molar-refractivity contribution is -0.115. The standard InChI is InChI=1S/C26H25N5O2/c1-33-21-14-12-18(13-15-21)16-24(32)28-25-29-26-27-22(19-8-4-2-5-9-19)17-23(31(26)30-25)20-10-6-3-7-11-20/h2-15,22-23H,16-17H2,1H3,(H2,27,28,29,30,32)/t22-,23+/m0/s1. The Balaban J connectivity index is 1.38. The quantitative estimate of drug-likeness (QED) is 0.458. The Hall–Kier alpha value is -4.13. The molecule has 0 spiro atoms. The van der Waals surface area contributed by atoms with Gasteiger partial charge in [0, 0.05) is 0 Å². The summed E-state index contributed by atoms with van der Waals surface area (Å²) < 4.78 is 7.05. The van der Waals surface area contributed by atoms with E-state index in [0.717, 1.165) is 23.3 Å². The highest BCUT2D eigenvalue weighted by atomic mass is 16.5. The van der Waals surface area contributed by atoms with Gasteiger partial charge in [-0.3, -0.25) is 10.1 Å². The third kappa shape index (κ3) is 4.57. The first-order chi connectivity index (χ1) is 16.2. The number of nitrogens with zero attached hydrogens (tertiary/aromatic N) is 3. The third-order valence-electron chi connectivity index (χ3n) is 5.85. The number of hydrogen-bond acceptors (Lipinski definition) is 5. The minimum Gasteiger partial charge on any atom is -0.497 e. The first kappa shape index (κ1) is 20.8. The zero-order valence-electron chi connectivity index (χ0n) is 18.3. The molecule has 1 aliphatic rings. The number of carbonyl (C=O) groups excluding carboxylic acids is 1. The lowest BCUT2D eigenvalue weighted by atomic mass is 9.93. The average Bonchev–Trinajstić information content (AvgIpc) is 3.27. The minimum atomic E-state index is -0.168. The number of aromatic nitrogens is 3. The number of anilines is 2. The van der Waals surface area contributed by atoms with Crippen molar-refractivity contribution in [2.24, 2.45) is 0 Å². The molecule has 7 nitrogen and oxygen atoms in total. The number of benzene rings is 3. The number of carbonyl (C=O) groups is 1. The van der Waals surface area contributed by atoms with Crippen LogP contribution in [0.3, 0.4) is 0 Å². The number of rotatable bonds is 6. The van der Waals surface area contributed by atoms with Crippen molar-refractivity contribution in [3.8, 4) is 5.75 Å². The Bertz CT molecular complexity index is 1220. The molecule has 0 saturated heterocycles. The Morgan fingerprint density at radius 1 is 1.00 bits per heavy atom. The van der Waals surface area contributed by atoms with Crippen molar-refractivity contribution in [1.29, 1.82) is 0 Å². The van der Waals surface area contributed by atoms with Crippen LogP contribution in [-0.2, 0) is 11.2 Å². The Morgan fingerprint density at radius 2 is 1.67 bits per heavy atom. The van der Waals surface area contributed by atoms with Crippen molar-refractivity contribution < 1.29 is 9.53 Å². The molecule has 5 rings (SSSR count). The molecule has 2 N–H and O–H groups in total. The molecule has 7 heteroatoms. The van der Waals surface area contributed by atoms with Crippen LogP contribution in [0.1, 0.15) is 35.2 Å². The van der Waals surface area contributed by atoms with Crippen molar-refractivity contribution in [3.63, 3.8) is 0 Å². The Labute approximate surface area is 192 Å². The first-order valence-corrected chi connectivity index (χ1v) is 11.0. The van der Waals surface area contributed by atoms with Crippen LogP contribution in [0.15, 0.2) is 84.9 Å². The van der Waals surface area contributed by atoms with E-state index in [1.165, 1.54) is 5.56 Å². The van der Waals surface area contributed by atoms with Gasteiger partial charge in [0.05, 0.1) is 25.6 Å². The molecule has 0 saturated carbocycles. The highest BCUT2D eigenvalue weighted by molar-refractivity contribution is 5.90. The van der Waals surface area contributed by atoms with Crippen LogP contribution in [0.5, 0.6) is 5.75 Å². The van der Waals surface area contributed by atoms with Crippen LogP contribution in [0.2, 0.25) is 0 Å². The van der Waals surface area contributed by atoms with E-state index in [1.807, 2.05) is 65.3 Å². The molecule has 1 amide bonds. The molecular weight excluding hydrogens is 414 g/mol. The van der Waals surface area contributed by atoms with Gasteiger partial charge in [-0.25, -0.2) is 4.68 Å². The molecule has 0 fully saturated rings. The fraction of sp³-hybridized carbons (Fsp3) is 0.192. The lowest BCUT2D eigenvalue weighted by Crippen LogP contribution is -2.28. The molecule has 3 aromatic carbocycles. The molecule has 1 aromatic heterocycles. The first-order valence-electron chi connectivity index (χ1n) is 11.0. The molecule has 4 aromatic rings. The fourth-order valence-corrected chi connectivity index (χ4v) is 4.18. The van der Waals surface area contributed by atoms with Gasteiger partial charge in [0.15, 0.2) is 0 Å². The monoisotopic (exact) mass is 439 g/mol. The second-order valence-electron chi connectivity index (χ2n) is 8.05. The van der Waals surface area contributed by atoms with Gasteiger partial charge < -0.3 is 10.1 Å². The fourth-order valence-electron chi connectivity index (χ4n) is 4.18. The number of hydrogen-bond donors (Lipinski definition) is 2. The maximum atomic E-state index is 12.6. The predicted octanol–water partition coefficient (Wildman–Crippen LogP) is 4.61. The van der Waals surface area contributed by atoms with Gasteiger partial charge in [-0.2, -0.15) is 4.98 Å². The molecule has 0 unspecified atom stereocenters. The summed E-state index contributed by atoms with van der Waals surface area (Å²) in [6.07, 6.45) is 1.06. The van der Waals surface area contributed by atoms with E-state index >= 15 is 0 Å². The summed E-state index contributed by atoms with van der Waals surface area (Å²) in [5, 5.41) is 11.0. The minimum absolute atomic E-state index is 0.00685. The van der Waals surface area contributed by atoms with Crippen molar-refractivity contribution in [3.05, 3.63) is 102 Å². The maximum absolute atomic E-state index is 12.6. The van der Waals surface area contributed by atoms with Crippen LogP contribution in [0, 0.1) is 0 Å². The van der Waals surface area contributed by atoms with Gasteiger partial charge in [-0.1, -0.05) is 72.8 Å². The van der Waals surface area contributed by atoms with Crippen LogP contribution >= 0.6 is 0 Å². The smallest absolute Gasteiger partial charge is 0.250 e. The SMILES string of the molecule is COc1ccc(CC(=O)Nc2nc3n(n2)[C@@H](c2ccccc2)C[C@@H](c2ccccc2)N3)cc1. The highest BCUT2D eigenvalue weighted by Gasteiger charge is 2.31. The lowest BCUT2D eigenvalue weighted by Gasteiger charge is -2.31. The second kappa shape index (κ2) is 9.16. The Morgan fingerprint density at radius 3 is 2.33 bits per heavy atom. The molecule has 0 bridgehead atoms. The summed E-state index contributed by atoms with van der Waals surface area (Å²) in [6, 6.07) is 28.1. The van der Waals surface area contributed by atoms with Crippen molar-refractivity contribution in [2.75, 3.05) is 17.7 Å². The van der Waals surface area contributed by atoms with Crippen LogP contribution in [0.25, 0.3) is 0 Å². The second-order valence-corrected chi connectivity index (χ2v) is 8.05. The zero-order chi connectivity index (χ0) is 22.6. The summed E-state index contributed by atoms with van der Waals surface area (Å²) in [7, 11) is 1.62. The zero-order valence-corrected chi connectivity index (χ0v) is 18.3. The number of ether oxygens (including phenoxy) is 1. The van der Waals surface area contributed by atoms with E-state index < -0.39 is 0 Å². The summed E-state index contributed by atoms with van der Waals surface area (Å²) >= 11 is 0. The number of amides is 1. The third-order valence-corrected chi connectivity index (χ3v) is 5.85. The number of methoxy groups -OCH3 is 1. The summed E-state index contributed by atoms with van der Waals surface area (Å²) in [5.74, 6) is 1.53. The Kier molecular flexibility index (Phi) is 5.76. The average molecular weight is 440 g/mol. The van der Waals surface area contributed by atoms with Crippen molar-refractivity contribution in [1.82, 2.24) is 14.8 Å². The van der Waals surface area contributed by atoms with Gasteiger partial charge in [-0.05, 0) is 35.2 Å². The van der Waals surface area contributed by atoms with E-state index in [1.54, 1.807) is 7.11 Å². The largest absolute Gasteiger partial charge is 0.497 e. The summed E-state index contributed by atoms with van der Waals surface area (Å²) in [5.41, 5.74) is 3.24. The van der Waals surface area contributed by atoms with E-state index in [9.17, 15) is 4.79 Å². The molecule has 1 aliphatic heterocycles. The van der Waals surface area contributed by atoms with Gasteiger partial charge in [0.25, 0.3) is 5.95 Å². The van der Waals surface area contributed by atoms with Crippen molar-refractivity contribution in [2.45, 2.75) is 24.9 Å². The van der Waals surface area contributed by atoms with Gasteiger partial charge in [0.2, 0.25) is 11.9 Å². The topological polar surface area (TPSA) is 81.1 Å². The molecular formula is C26H25N5O2. The van der Waals surface area contributed by atoms with Gasteiger partial charge in [0.1, 0.15) is 5.75 Å².